The van der Waals surface area contributed by atoms with Gasteiger partial charge in [0.2, 0.25) is 0 Å². The molecule has 1 aliphatic heterocycles. The number of nitrogens with one attached hydrogen (secondary N) is 2. The number of rotatable bonds is 4. The molecule has 1 heterocycles. The van der Waals surface area contributed by atoms with Gasteiger partial charge in [0, 0.05) is 17.8 Å². The number of piperidine rings is 1. The number of halogens is 1. The Morgan fingerprint density at radius 1 is 1.58 bits per heavy atom. The van der Waals surface area contributed by atoms with Crippen molar-refractivity contribution in [2.45, 2.75) is 25.8 Å². The van der Waals surface area contributed by atoms with E-state index in [9.17, 15) is 10.1 Å². The zero-order chi connectivity index (χ0) is 13.8. The van der Waals surface area contributed by atoms with E-state index in [4.69, 9.17) is 0 Å². The molecule has 0 amide bonds. The maximum absolute atomic E-state index is 10.8. The molecule has 5 nitrogen and oxygen atoms in total. The van der Waals surface area contributed by atoms with E-state index in [0.29, 0.717) is 15.5 Å². The van der Waals surface area contributed by atoms with Crippen LogP contribution in [0.5, 0.6) is 0 Å². The van der Waals surface area contributed by atoms with Crippen LogP contribution in [0.15, 0.2) is 18.2 Å². The summed E-state index contributed by atoms with van der Waals surface area (Å²) in [7, 11) is 0. The van der Waals surface area contributed by atoms with E-state index < -0.39 is 0 Å². The van der Waals surface area contributed by atoms with Gasteiger partial charge in [-0.05, 0) is 73.5 Å². The molecule has 1 saturated heterocycles. The molecule has 0 aromatic heterocycles. The highest BCUT2D eigenvalue weighted by Gasteiger charge is 2.20. The molecule has 0 radical (unpaired) electrons. The van der Waals surface area contributed by atoms with Gasteiger partial charge >= 0.3 is 0 Å². The van der Waals surface area contributed by atoms with E-state index in [1.807, 2.05) is 28.7 Å². The monoisotopic (exact) mass is 375 g/mol. The highest BCUT2D eigenvalue weighted by atomic mass is 127. The Hall–Kier alpha value is -0.890. The fraction of sp³-hybridized carbons (Fsp3) is 0.538. The predicted octanol–water partition coefficient (Wildman–Crippen LogP) is 3.00. The molecule has 6 heteroatoms. The lowest BCUT2D eigenvalue weighted by Gasteiger charge is -2.29. The Morgan fingerprint density at radius 3 is 2.95 bits per heavy atom. The number of benzene rings is 1. The summed E-state index contributed by atoms with van der Waals surface area (Å²) in [5.41, 5.74) is 1.12. The fourth-order valence-corrected chi connectivity index (χ4v) is 3.14. The first kappa shape index (κ1) is 14.5. The Labute approximate surface area is 126 Å². The lowest BCUT2D eigenvalue weighted by Crippen LogP contribution is -2.38. The van der Waals surface area contributed by atoms with Crippen LogP contribution in [-0.4, -0.2) is 24.1 Å². The minimum atomic E-state index is -0.347. The topological polar surface area (TPSA) is 67.2 Å². The molecule has 2 rings (SSSR count). The lowest BCUT2D eigenvalue weighted by molar-refractivity contribution is -0.385. The van der Waals surface area contributed by atoms with Crippen molar-refractivity contribution < 1.29 is 4.92 Å². The minimum absolute atomic E-state index is 0.165. The second-order valence-electron chi connectivity index (χ2n) is 4.96. The molecule has 104 valence electrons. The van der Waals surface area contributed by atoms with Crippen LogP contribution in [0.4, 0.5) is 11.4 Å². The van der Waals surface area contributed by atoms with Crippen molar-refractivity contribution >= 4 is 34.0 Å². The van der Waals surface area contributed by atoms with Gasteiger partial charge in [-0.15, -0.1) is 0 Å². The third-order valence-corrected chi connectivity index (χ3v) is 4.44. The molecular formula is C13H18IN3O2. The molecule has 2 N–H and O–H groups in total. The van der Waals surface area contributed by atoms with Crippen LogP contribution < -0.4 is 10.6 Å². The summed E-state index contributed by atoms with van der Waals surface area (Å²) in [4.78, 5) is 10.4. The van der Waals surface area contributed by atoms with Crippen LogP contribution in [0.1, 0.15) is 19.8 Å². The van der Waals surface area contributed by atoms with E-state index in [-0.39, 0.29) is 10.6 Å². The van der Waals surface area contributed by atoms with Crippen molar-refractivity contribution in [1.29, 1.82) is 0 Å². The first-order valence-electron chi connectivity index (χ1n) is 6.49. The normalized spacial score (nSPS) is 20.8. The standard InChI is InChI=1S/C13H18IN3O2/c1-9(10-3-2-6-15-8-10)16-11-4-5-13(17(18)19)12(14)7-11/h4-5,7,9-10,15-16H,2-3,6,8H2,1H3. The van der Waals surface area contributed by atoms with Crippen molar-refractivity contribution in [3.05, 3.63) is 31.9 Å². The molecule has 0 bridgehead atoms. The summed E-state index contributed by atoms with van der Waals surface area (Å²) < 4.78 is 0.668. The quantitative estimate of drug-likeness (QED) is 0.482. The molecule has 1 fully saturated rings. The van der Waals surface area contributed by atoms with Gasteiger partial charge < -0.3 is 10.6 Å². The Kier molecular flexibility index (Phi) is 4.98. The van der Waals surface area contributed by atoms with Crippen molar-refractivity contribution in [2.24, 2.45) is 5.92 Å². The fourth-order valence-electron chi connectivity index (χ4n) is 2.43. The third-order valence-electron chi connectivity index (χ3n) is 3.58. The number of nitro groups is 1. The number of nitrogens with zero attached hydrogens (tertiary/aromatic N) is 1. The second kappa shape index (κ2) is 6.51. The molecule has 1 aliphatic rings. The van der Waals surface area contributed by atoms with E-state index in [0.717, 1.165) is 18.8 Å². The molecule has 0 saturated carbocycles. The average molecular weight is 375 g/mol. The SMILES string of the molecule is CC(Nc1ccc([N+](=O)[O-])c(I)c1)C1CCCNC1. The Balaban J connectivity index is 2.02. The summed E-state index contributed by atoms with van der Waals surface area (Å²) in [5, 5.41) is 17.6. The summed E-state index contributed by atoms with van der Waals surface area (Å²) in [5.74, 6) is 0.613. The van der Waals surface area contributed by atoms with Crippen LogP contribution in [-0.2, 0) is 0 Å². The molecule has 0 aliphatic carbocycles. The van der Waals surface area contributed by atoms with Gasteiger partial charge in [0.05, 0.1) is 8.49 Å². The van der Waals surface area contributed by atoms with Crippen molar-refractivity contribution in [3.8, 4) is 0 Å². The van der Waals surface area contributed by atoms with Crippen LogP contribution in [0.25, 0.3) is 0 Å². The highest BCUT2D eigenvalue weighted by molar-refractivity contribution is 14.1. The van der Waals surface area contributed by atoms with Crippen LogP contribution in [0.3, 0.4) is 0 Å². The first-order chi connectivity index (χ1) is 9.08. The number of nitro benzene ring substituents is 1. The molecule has 19 heavy (non-hydrogen) atoms. The maximum atomic E-state index is 10.8. The van der Waals surface area contributed by atoms with E-state index >= 15 is 0 Å². The summed E-state index contributed by atoms with van der Waals surface area (Å²) >= 11 is 2.01. The van der Waals surface area contributed by atoms with Gasteiger partial charge in [-0.25, -0.2) is 0 Å². The van der Waals surface area contributed by atoms with E-state index in [1.165, 1.54) is 12.8 Å². The number of anilines is 1. The summed E-state index contributed by atoms with van der Waals surface area (Å²) in [6.45, 7) is 4.32. The average Bonchev–Trinajstić information content (AvgIpc) is 2.39. The third kappa shape index (κ3) is 3.79. The smallest absolute Gasteiger partial charge is 0.282 e. The molecule has 1 aromatic rings. The zero-order valence-electron chi connectivity index (χ0n) is 10.9. The largest absolute Gasteiger partial charge is 0.382 e. The maximum Gasteiger partial charge on any atom is 0.282 e. The van der Waals surface area contributed by atoms with Crippen molar-refractivity contribution in [3.63, 3.8) is 0 Å². The van der Waals surface area contributed by atoms with Gasteiger partial charge in [-0.1, -0.05) is 0 Å². The lowest BCUT2D eigenvalue weighted by atomic mass is 9.92. The minimum Gasteiger partial charge on any atom is -0.382 e. The van der Waals surface area contributed by atoms with Gasteiger partial charge in [0.1, 0.15) is 0 Å². The molecule has 2 atom stereocenters. The van der Waals surface area contributed by atoms with E-state index in [1.54, 1.807) is 12.1 Å². The van der Waals surface area contributed by atoms with Crippen LogP contribution in [0, 0.1) is 19.6 Å². The molecule has 0 spiro atoms. The summed E-state index contributed by atoms with van der Waals surface area (Å²) in [6, 6.07) is 5.55. The van der Waals surface area contributed by atoms with Crippen LogP contribution in [0.2, 0.25) is 0 Å². The Bertz CT molecular complexity index is 461. The highest BCUT2D eigenvalue weighted by Crippen LogP contribution is 2.26. The van der Waals surface area contributed by atoms with Crippen LogP contribution >= 0.6 is 22.6 Å². The number of hydrogen-bond donors (Lipinski definition) is 2. The van der Waals surface area contributed by atoms with Crippen molar-refractivity contribution in [1.82, 2.24) is 5.32 Å². The molecule has 1 aromatic carbocycles. The van der Waals surface area contributed by atoms with Gasteiger partial charge in [-0.2, -0.15) is 0 Å². The number of hydrogen-bond acceptors (Lipinski definition) is 4. The Morgan fingerprint density at radius 2 is 2.37 bits per heavy atom. The molecule has 2 unspecified atom stereocenters. The second-order valence-corrected chi connectivity index (χ2v) is 6.12. The summed E-state index contributed by atoms with van der Waals surface area (Å²) in [6.07, 6.45) is 2.44. The predicted molar refractivity (Wildman–Crippen MR) is 84.5 cm³/mol. The zero-order valence-corrected chi connectivity index (χ0v) is 13.0. The van der Waals surface area contributed by atoms with Crippen molar-refractivity contribution in [2.75, 3.05) is 18.4 Å². The van der Waals surface area contributed by atoms with Gasteiger partial charge in [-0.3, -0.25) is 10.1 Å². The van der Waals surface area contributed by atoms with E-state index in [2.05, 4.69) is 17.6 Å². The van der Waals surface area contributed by atoms with Gasteiger partial charge in [0.25, 0.3) is 5.69 Å². The molecular weight excluding hydrogens is 357 g/mol. The van der Waals surface area contributed by atoms with Gasteiger partial charge in [0.15, 0.2) is 0 Å². The first-order valence-corrected chi connectivity index (χ1v) is 7.57.